The average molecular weight is 293 g/mol. The molecule has 0 atom stereocenters. The first-order chi connectivity index (χ1) is 9.98. The summed E-state index contributed by atoms with van der Waals surface area (Å²) in [6.07, 6.45) is 0.628. The molecule has 1 aliphatic rings. The number of amides is 1. The highest BCUT2D eigenvalue weighted by molar-refractivity contribution is 5.77. The Morgan fingerprint density at radius 1 is 1.43 bits per heavy atom. The number of nitro groups is 1. The topological polar surface area (TPSA) is 93.5 Å². The van der Waals surface area contributed by atoms with Crippen LogP contribution >= 0.6 is 0 Å². The van der Waals surface area contributed by atoms with E-state index in [-0.39, 0.29) is 23.8 Å². The van der Waals surface area contributed by atoms with Crippen molar-refractivity contribution in [2.24, 2.45) is 0 Å². The first kappa shape index (κ1) is 15.4. The number of nitrogens with one attached hydrogen (secondary N) is 2. The molecule has 1 aromatic carbocycles. The van der Waals surface area contributed by atoms with Gasteiger partial charge in [-0.25, -0.2) is 0 Å². The molecule has 7 nitrogen and oxygen atoms in total. The van der Waals surface area contributed by atoms with E-state index in [1.807, 2.05) is 6.92 Å². The second-order valence-corrected chi connectivity index (χ2v) is 5.37. The van der Waals surface area contributed by atoms with E-state index < -0.39 is 4.92 Å². The highest BCUT2D eigenvalue weighted by Gasteiger charge is 2.32. The third-order valence-corrected chi connectivity index (χ3v) is 3.43. The van der Waals surface area contributed by atoms with E-state index in [1.165, 1.54) is 12.1 Å². The first-order valence-electron chi connectivity index (χ1n) is 6.83. The number of carbonyl (C=O) groups is 1. The molecule has 1 aliphatic heterocycles. The van der Waals surface area contributed by atoms with Crippen molar-refractivity contribution in [3.8, 4) is 0 Å². The standard InChI is InChI=1S/C14H19N3O4/c1-14(9-15-10-14)21-8-13(18)16-7-6-11-2-4-12(5-3-11)17(19)20/h2-5,15H,6-10H2,1H3,(H,16,18). The summed E-state index contributed by atoms with van der Waals surface area (Å²) in [5.41, 5.74) is 0.783. The number of hydrogen-bond acceptors (Lipinski definition) is 5. The molecule has 0 radical (unpaired) electrons. The lowest BCUT2D eigenvalue weighted by Gasteiger charge is -2.38. The lowest BCUT2D eigenvalue weighted by atomic mass is 10.0. The van der Waals surface area contributed by atoms with Gasteiger partial charge in [0.1, 0.15) is 6.61 Å². The molecule has 2 N–H and O–H groups in total. The van der Waals surface area contributed by atoms with Crippen molar-refractivity contribution < 1.29 is 14.5 Å². The van der Waals surface area contributed by atoms with Crippen LogP contribution in [-0.2, 0) is 16.0 Å². The number of ether oxygens (including phenoxy) is 1. The summed E-state index contributed by atoms with van der Waals surface area (Å²) in [6, 6.07) is 6.32. The summed E-state index contributed by atoms with van der Waals surface area (Å²) >= 11 is 0. The van der Waals surface area contributed by atoms with Gasteiger partial charge in [-0.1, -0.05) is 12.1 Å². The van der Waals surface area contributed by atoms with E-state index in [4.69, 9.17) is 4.74 Å². The van der Waals surface area contributed by atoms with Gasteiger partial charge in [-0.3, -0.25) is 14.9 Å². The number of benzene rings is 1. The van der Waals surface area contributed by atoms with Crippen molar-refractivity contribution in [3.05, 3.63) is 39.9 Å². The van der Waals surface area contributed by atoms with Crippen LogP contribution in [0.25, 0.3) is 0 Å². The Morgan fingerprint density at radius 2 is 2.10 bits per heavy atom. The summed E-state index contributed by atoms with van der Waals surface area (Å²) in [4.78, 5) is 21.7. The Labute approximate surface area is 122 Å². The minimum atomic E-state index is -0.432. The smallest absolute Gasteiger partial charge is 0.269 e. The van der Waals surface area contributed by atoms with Crippen LogP contribution in [-0.4, -0.2) is 42.7 Å². The Hall–Kier alpha value is -1.99. The third kappa shape index (κ3) is 4.51. The minimum absolute atomic E-state index is 0.0540. The Kier molecular flexibility index (Phi) is 4.87. The van der Waals surface area contributed by atoms with E-state index in [2.05, 4.69) is 10.6 Å². The molecule has 0 aliphatic carbocycles. The Morgan fingerprint density at radius 3 is 2.62 bits per heavy atom. The van der Waals surface area contributed by atoms with E-state index in [9.17, 15) is 14.9 Å². The number of non-ortho nitro benzene ring substituents is 1. The zero-order valence-electron chi connectivity index (χ0n) is 11.9. The number of rotatable bonds is 7. The monoisotopic (exact) mass is 293 g/mol. The maximum Gasteiger partial charge on any atom is 0.269 e. The van der Waals surface area contributed by atoms with E-state index in [0.717, 1.165) is 18.7 Å². The van der Waals surface area contributed by atoms with Crippen LogP contribution in [0.2, 0.25) is 0 Å². The molecule has 114 valence electrons. The van der Waals surface area contributed by atoms with E-state index in [0.29, 0.717) is 13.0 Å². The van der Waals surface area contributed by atoms with Crippen LogP contribution in [0.15, 0.2) is 24.3 Å². The van der Waals surface area contributed by atoms with Crippen molar-refractivity contribution in [2.75, 3.05) is 26.2 Å². The van der Waals surface area contributed by atoms with Gasteiger partial charge in [-0.05, 0) is 18.9 Å². The fraction of sp³-hybridized carbons (Fsp3) is 0.500. The fourth-order valence-corrected chi connectivity index (χ4v) is 2.00. The lowest BCUT2D eigenvalue weighted by Crippen LogP contribution is -2.59. The summed E-state index contributed by atoms with van der Waals surface area (Å²) in [5, 5.41) is 16.4. The molecule has 1 heterocycles. The first-order valence-corrected chi connectivity index (χ1v) is 6.83. The van der Waals surface area contributed by atoms with Crippen molar-refractivity contribution in [1.82, 2.24) is 10.6 Å². The van der Waals surface area contributed by atoms with E-state index >= 15 is 0 Å². The van der Waals surface area contributed by atoms with Crippen molar-refractivity contribution in [1.29, 1.82) is 0 Å². The molecule has 1 amide bonds. The number of hydrogen-bond donors (Lipinski definition) is 2. The van der Waals surface area contributed by atoms with Gasteiger partial charge in [0, 0.05) is 31.8 Å². The maximum absolute atomic E-state index is 11.6. The van der Waals surface area contributed by atoms with Crippen molar-refractivity contribution >= 4 is 11.6 Å². The zero-order chi connectivity index (χ0) is 15.3. The van der Waals surface area contributed by atoms with Gasteiger partial charge < -0.3 is 15.4 Å². The van der Waals surface area contributed by atoms with Crippen LogP contribution in [0.4, 0.5) is 5.69 Å². The Balaban J connectivity index is 1.66. The molecule has 0 spiro atoms. The summed E-state index contributed by atoms with van der Waals surface area (Å²) < 4.78 is 5.52. The van der Waals surface area contributed by atoms with Crippen LogP contribution in [0.1, 0.15) is 12.5 Å². The average Bonchev–Trinajstić information content (AvgIpc) is 2.43. The molecule has 0 unspecified atom stereocenters. The highest BCUT2D eigenvalue weighted by atomic mass is 16.6. The summed E-state index contributed by atoms with van der Waals surface area (Å²) in [6.45, 7) is 4.03. The van der Waals surface area contributed by atoms with Gasteiger partial charge in [0.2, 0.25) is 5.91 Å². The van der Waals surface area contributed by atoms with Crippen LogP contribution < -0.4 is 10.6 Å². The van der Waals surface area contributed by atoms with Gasteiger partial charge >= 0.3 is 0 Å². The molecule has 0 saturated carbocycles. The van der Waals surface area contributed by atoms with Crippen LogP contribution in [0, 0.1) is 10.1 Å². The predicted octanol–water partition coefficient (Wildman–Crippen LogP) is 0.632. The maximum atomic E-state index is 11.6. The second-order valence-electron chi connectivity index (χ2n) is 5.37. The lowest BCUT2D eigenvalue weighted by molar-refractivity contribution is -0.384. The number of nitro benzene ring substituents is 1. The van der Waals surface area contributed by atoms with Crippen LogP contribution in [0.5, 0.6) is 0 Å². The van der Waals surface area contributed by atoms with Gasteiger partial charge in [-0.15, -0.1) is 0 Å². The molecule has 0 aromatic heterocycles. The molecular weight excluding hydrogens is 274 g/mol. The molecule has 0 bridgehead atoms. The van der Waals surface area contributed by atoms with Crippen molar-refractivity contribution in [2.45, 2.75) is 18.9 Å². The summed E-state index contributed by atoms with van der Waals surface area (Å²) in [7, 11) is 0. The normalized spacial score (nSPS) is 16.0. The van der Waals surface area contributed by atoms with Gasteiger partial charge in [0.05, 0.1) is 10.5 Å². The molecular formula is C14H19N3O4. The predicted molar refractivity (Wildman–Crippen MR) is 77.0 cm³/mol. The number of nitrogens with zero attached hydrogens (tertiary/aromatic N) is 1. The highest BCUT2D eigenvalue weighted by Crippen LogP contribution is 2.14. The SMILES string of the molecule is CC1(OCC(=O)NCCc2ccc([N+](=O)[O-])cc2)CNC1. The van der Waals surface area contributed by atoms with Gasteiger partial charge in [0.25, 0.3) is 5.69 Å². The third-order valence-electron chi connectivity index (χ3n) is 3.43. The molecule has 7 heteroatoms. The van der Waals surface area contributed by atoms with Crippen molar-refractivity contribution in [3.63, 3.8) is 0 Å². The molecule has 1 saturated heterocycles. The minimum Gasteiger partial charge on any atom is -0.363 e. The molecule has 1 fully saturated rings. The number of carbonyl (C=O) groups excluding carboxylic acids is 1. The van der Waals surface area contributed by atoms with E-state index in [1.54, 1.807) is 12.1 Å². The van der Waals surface area contributed by atoms with Gasteiger partial charge in [0.15, 0.2) is 0 Å². The molecule has 21 heavy (non-hydrogen) atoms. The summed E-state index contributed by atoms with van der Waals surface area (Å²) in [5.74, 6) is -0.148. The largest absolute Gasteiger partial charge is 0.363 e. The fourth-order valence-electron chi connectivity index (χ4n) is 2.00. The Bertz CT molecular complexity index is 511. The quantitative estimate of drug-likeness (QED) is 0.568. The molecule has 2 rings (SSSR count). The van der Waals surface area contributed by atoms with Gasteiger partial charge in [-0.2, -0.15) is 0 Å². The second kappa shape index (κ2) is 6.64. The van der Waals surface area contributed by atoms with Crippen LogP contribution in [0.3, 0.4) is 0 Å². The molecule has 1 aromatic rings. The zero-order valence-corrected chi connectivity index (χ0v) is 11.9.